The molecule has 112 valence electrons. The SMILES string of the molecule is CNC(CCN1CCOCC1CO)c1ccc(C)cc1. The number of aliphatic hydroxyl groups excluding tert-OH is 1. The molecule has 0 bridgehead atoms. The lowest BCUT2D eigenvalue weighted by atomic mass is 10.0. The lowest BCUT2D eigenvalue weighted by Crippen LogP contribution is -2.48. The summed E-state index contributed by atoms with van der Waals surface area (Å²) in [5.74, 6) is 0. The van der Waals surface area contributed by atoms with Crippen LogP contribution in [0.5, 0.6) is 0 Å². The highest BCUT2D eigenvalue weighted by Gasteiger charge is 2.22. The monoisotopic (exact) mass is 278 g/mol. The van der Waals surface area contributed by atoms with Crippen molar-refractivity contribution in [1.82, 2.24) is 10.2 Å². The van der Waals surface area contributed by atoms with Crippen molar-refractivity contribution < 1.29 is 9.84 Å². The Labute approximate surface area is 121 Å². The van der Waals surface area contributed by atoms with Crippen LogP contribution in [-0.4, -0.2) is 56.0 Å². The van der Waals surface area contributed by atoms with Crippen molar-refractivity contribution in [2.45, 2.75) is 25.4 Å². The molecule has 2 rings (SSSR count). The highest BCUT2D eigenvalue weighted by molar-refractivity contribution is 5.24. The molecule has 2 unspecified atom stereocenters. The first-order valence-electron chi connectivity index (χ1n) is 7.41. The molecule has 1 saturated heterocycles. The molecule has 1 aromatic rings. The summed E-state index contributed by atoms with van der Waals surface area (Å²) in [6.45, 7) is 5.59. The maximum absolute atomic E-state index is 9.39. The Morgan fingerprint density at radius 3 is 2.80 bits per heavy atom. The minimum absolute atomic E-state index is 0.152. The number of morpholine rings is 1. The number of nitrogens with one attached hydrogen (secondary N) is 1. The second-order valence-corrected chi connectivity index (χ2v) is 5.49. The van der Waals surface area contributed by atoms with Crippen LogP contribution in [0.15, 0.2) is 24.3 Å². The van der Waals surface area contributed by atoms with Gasteiger partial charge in [0.1, 0.15) is 0 Å². The third kappa shape index (κ3) is 4.03. The Kier molecular flexibility index (Phi) is 5.98. The summed E-state index contributed by atoms with van der Waals surface area (Å²) in [7, 11) is 2.01. The smallest absolute Gasteiger partial charge is 0.0644 e. The van der Waals surface area contributed by atoms with Crippen molar-refractivity contribution in [2.75, 3.05) is 40.0 Å². The number of aliphatic hydroxyl groups is 1. The van der Waals surface area contributed by atoms with Gasteiger partial charge in [0, 0.05) is 19.1 Å². The lowest BCUT2D eigenvalue weighted by molar-refractivity contribution is -0.0285. The molecule has 1 aliphatic heterocycles. The zero-order chi connectivity index (χ0) is 14.4. The van der Waals surface area contributed by atoms with Gasteiger partial charge in [0.15, 0.2) is 0 Å². The summed E-state index contributed by atoms with van der Waals surface area (Å²) in [5, 5.41) is 12.8. The third-order valence-electron chi connectivity index (χ3n) is 4.09. The predicted octanol–water partition coefficient (Wildman–Crippen LogP) is 1.34. The summed E-state index contributed by atoms with van der Waals surface area (Å²) in [4.78, 5) is 2.34. The van der Waals surface area contributed by atoms with Gasteiger partial charge >= 0.3 is 0 Å². The third-order valence-corrected chi connectivity index (χ3v) is 4.09. The topological polar surface area (TPSA) is 44.7 Å². The van der Waals surface area contributed by atoms with E-state index < -0.39 is 0 Å². The van der Waals surface area contributed by atoms with E-state index in [9.17, 15) is 5.11 Å². The highest BCUT2D eigenvalue weighted by Crippen LogP contribution is 2.18. The largest absolute Gasteiger partial charge is 0.395 e. The van der Waals surface area contributed by atoms with Crippen molar-refractivity contribution >= 4 is 0 Å². The quantitative estimate of drug-likeness (QED) is 0.824. The van der Waals surface area contributed by atoms with E-state index in [1.165, 1.54) is 11.1 Å². The molecule has 0 aromatic heterocycles. The summed E-state index contributed by atoms with van der Waals surface area (Å²) in [6.07, 6.45) is 1.04. The molecule has 1 aromatic carbocycles. The van der Waals surface area contributed by atoms with Crippen molar-refractivity contribution in [3.8, 4) is 0 Å². The van der Waals surface area contributed by atoms with Crippen LogP contribution in [0.2, 0.25) is 0 Å². The fourth-order valence-electron chi connectivity index (χ4n) is 2.72. The van der Waals surface area contributed by atoms with Crippen LogP contribution >= 0.6 is 0 Å². The van der Waals surface area contributed by atoms with E-state index in [1.54, 1.807) is 0 Å². The maximum atomic E-state index is 9.39. The summed E-state index contributed by atoms with van der Waals surface area (Å²) in [6, 6.07) is 9.21. The molecular formula is C16H26N2O2. The standard InChI is InChI=1S/C16H26N2O2/c1-13-3-5-14(6-4-13)16(17-2)7-8-18-9-10-20-12-15(18)11-19/h3-6,15-17,19H,7-12H2,1-2H3. The fraction of sp³-hybridized carbons (Fsp3) is 0.625. The van der Waals surface area contributed by atoms with Crippen molar-refractivity contribution in [1.29, 1.82) is 0 Å². The number of benzene rings is 1. The van der Waals surface area contributed by atoms with Crippen LogP contribution in [0.1, 0.15) is 23.6 Å². The van der Waals surface area contributed by atoms with Gasteiger partial charge < -0.3 is 15.2 Å². The van der Waals surface area contributed by atoms with Gasteiger partial charge in [-0.15, -0.1) is 0 Å². The summed E-state index contributed by atoms with van der Waals surface area (Å²) >= 11 is 0. The van der Waals surface area contributed by atoms with E-state index in [0.717, 1.165) is 26.1 Å². The minimum atomic E-state index is 0.152. The average molecular weight is 278 g/mol. The number of hydrogen-bond donors (Lipinski definition) is 2. The van der Waals surface area contributed by atoms with Gasteiger partial charge in [0.25, 0.3) is 0 Å². The second-order valence-electron chi connectivity index (χ2n) is 5.49. The molecule has 20 heavy (non-hydrogen) atoms. The Bertz CT molecular complexity index is 394. The van der Waals surface area contributed by atoms with E-state index in [-0.39, 0.29) is 12.6 Å². The van der Waals surface area contributed by atoms with Gasteiger partial charge in [-0.25, -0.2) is 0 Å². The molecule has 2 N–H and O–H groups in total. The number of ether oxygens (including phenoxy) is 1. The van der Waals surface area contributed by atoms with Crippen LogP contribution in [0.25, 0.3) is 0 Å². The highest BCUT2D eigenvalue weighted by atomic mass is 16.5. The second kappa shape index (κ2) is 7.74. The molecule has 1 aliphatic rings. The molecule has 0 saturated carbocycles. The Morgan fingerprint density at radius 2 is 2.15 bits per heavy atom. The van der Waals surface area contributed by atoms with Crippen molar-refractivity contribution in [3.05, 3.63) is 35.4 Å². The van der Waals surface area contributed by atoms with Crippen LogP contribution in [0, 0.1) is 6.92 Å². The molecule has 4 nitrogen and oxygen atoms in total. The predicted molar refractivity (Wildman–Crippen MR) is 80.9 cm³/mol. The first kappa shape index (κ1) is 15.4. The Morgan fingerprint density at radius 1 is 1.40 bits per heavy atom. The molecule has 0 aliphatic carbocycles. The Hall–Kier alpha value is -0.940. The van der Waals surface area contributed by atoms with E-state index >= 15 is 0 Å². The maximum Gasteiger partial charge on any atom is 0.0644 e. The van der Waals surface area contributed by atoms with E-state index in [1.807, 2.05) is 7.05 Å². The van der Waals surface area contributed by atoms with Crippen LogP contribution < -0.4 is 5.32 Å². The normalized spacial score (nSPS) is 21.9. The average Bonchev–Trinajstić information content (AvgIpc) is 2.50. The minimum Gasteiger partial charge on any atom is -0.395 e. The van der Waals surface area contributed by atoms with E-state index in [4.69, 9.17) is 4.74 Å². The molecule has 0 amide bonds. The van der Waals surface area contributed by atoms with Crippen LogP contribution in [0.3, 0.4) is 0 Å². The number of rotatable bonds is 6. The summed E-state index contributed by atoms with van der Waals surface area (Å²) < 4.78 is 5.42. The van der Waals surface area contributed by atoms with Gasteiger partial charge in [-0.2, -0.15) is 0 Å². The van der Waals surface area contributed by atoms with Crippen LogP contribution in [0.4, 0.5) is 0 Å². The molecule has 0 spiro atoms. The zero-order valence-corrected chi connectivity index (χ0v) is 12.5. The van der Waals surface area contributed by atoms with Crippen molar-refractivity contribution in [3.63, 3.8) is 0 Å². The molecule has 1 fully saturated rings. The molecule has 4 heteroatoms. The van der Waals surface area contributed by atoms with Gasteiger partial charge in [-0.05, 0) is 26.0 Å². The first-order chi connectivity index (χ1) is 9.74. The van der Waals surface area contributed by atoms with Gasteiger partial charge in [-0.1, -0.05) is 29.8 Å². The molecule has 1 heterocycles. The van der Waals surface area contributed by atoms with Gasteiger partial charge in [0.2, 0.25) is 0 Å². The first-order valence-corrected chi connectivity index (χ1v) is 7.41. The lowest BCUT2D eigenvalue weighted by Gasteiger charge is -2.35. The number of nitrogens with zero attached hydrogens (tertiary/aromatic N) is 1. The fourth-order valence-corrected chi connectivity index (χ4v) is 2.72. The zero-order valence-electron chi connectivity index (χ0n) is 12.5. The van der Waals surface area contributed by atoms with Gasteiger partial charge in [-0.3, -0.25) is 4.90 Å². The molecular weight excluding hydrogens is 252 g/mol. The van der Waals surface area contributed by atoms with E-state index in [2.05, 4.69) is 41.4 Å². The molecule has 2 atom stereocenters. The number of aryl methyl sites for hydroxylation is 1. The van der Waals surface area contributed by atoms with E-state index in [0.29, 0.717) is 12.6 Å². The Balaban J connectivity index is 1.91. The molecule has 0 radical (unpaired) electrons. The van der Waals surface area contributed by atoms with Gasteiger partial charge in [0.05, 0.1) is 25.9 Å². The van der Waals surface area contributed by atoms with Crippen molar-refractivity contribution in [2.24, 2.45) is 0 Å². The summed E-state index contributed by atoms with van der Waals surface area (Å²) in [5.41, 5.74) is 2.61. The van der Waals surface area contributed by atoms with Crippen LogP contribution in [-0.2, 0) is 4.74 Å². The number of hydrogen-bond acceptors (Lipinski definition) is 4.